The molecule has 1 aliphatic carbocycles. The van der Waals surface area contributed by atoms with Gasteiger partial charge >= 0.3 is 0 Å². The van der Waals surface area contributed by atoms with Crippen molar-refractivity contribution in [3.63, 3.8) is 0 Å². The van der Waals surface area contributed by atoms with Gasteiger partial charge in [-0.15, -0.1) is 0 Å². The zero-order valence-corrected chi connectivity index (χ0v) is 11.3. The minimum absolute atomic E-state index is 0.161. The Balaban J connectivity index is 1.82. The molecule has 2 aliphatic rings. The highest BCUT2D eigenvalue weighted by Gasteiger charge is 2.54. The van der Waals surface area contributed by atoms with E-state index >= 15 is 0 Å². The molecule has 1 aliphatic heterocycles. The molecule has 4 rings (SSSR count). The summed E-state index contributed by atoms with van der Waals surface area (Å²) in [5.41, 5.74) is 2.14. The van der Waals surface area contributed by atoms with Gasteiger partial charge in [-0.05, 0) is 25.0 Å². The second kappa shape index (κ2) is 3.84. The van der Waals surface area contributed by atoms with Gasteiger partial charge in [0, 0.05) is 35.8 Å². The molecule has 0 radical (unpaired) electrons. The molecular weight excluding hydrogens is 260 g/mol. The first-order valence-electron chi connectivity index (χ1n) is 6.66. The van der Waals surface area contributed by atoms with E-state index in [4.69, 9.17) is 11.6 Å². The summed E-state index contributed by atoms with van der Waals surface area (Å²) in [7, 11) is 0. The van der Waals surface area contributed by atoms with Gasteiger partial charge in [-0.2, -0.15) is 0 Å². The second-order valence-corrected chi connectivity index (χ2v) is 6.13. The van der Waals surface area contributed by atoms with Crippen molar-refractivity contribution in [2.75, 3.05) is 18.0 Å². The largest absolute Gasteiger partial charge is 0.391 e. The number of pyridine rings is 1. The summed E-state index contributed by atoms with van der Waals surface area (Å²) >= 11 is 6.20. The van der Waals surface area contributed by atoms with Gasteiger partial charge in [0.1, 0.15) is 0 Å². The summed E-state index contributed by atoms with van der Waals surface area (Å²) in [6, 6.07) is 7.89. The monoisotopic (exact) mass is 274 g/mol. The number of nitrogens with zero attached hydrogens (tertiary/aromatic N) is 2. The van der Waals surface area contributed by atoms with Gasteiger partial charge in [-0.3, -0.25) is 4.98 Å². The van der Waals surface area contributed by atoms with Crippen molar-refractivity contribution >= 4 is 28.2 Å². The third-order valence-corrected chi connectivity index (χ3v) is 4.84. The average molecular weight is 275 g/mol. The van der Waals surface area contributed by atoms with Gasteiger partial charge in [-0.25, -0.2) is 0 Å². The molecule has 0 amide bonds. The van der Waals surface area contributed by atoms with Crippen molar-refractivity contribution in [2.45, 2.75) is 18.9 Å². The van der Waals surface area contributed by atoms with Crippen LogP contribution >= 0.6 is 11.6 Å². The van der Waals surface area contributed by atoms with Crippen molar-refractivity contribution in [1.82, 2.24) is 4.98 Å². The SMILES string of the molecule is OC1CN(c2ccnc3c(Cl)cccc23)CC12CC2. The number of β-amino-alcohol motifs (C(OH)–C–C–N with tert-alkyl or cyclic N) is 1. The zero-order valence-electron chi connectivity index (χ0n) is 10.5. The van der Waals surface area contributed by atoms with Crippen molar-refractivity contribution in [3.8, 4) is 0 Å². The Morgan fingerprint density at radius 1 is 1.32 bits per heavy atom. The van der Waals surface area contributed by atoms with Crippen LogP contribution in [0.25, 0.3) is 10.9 Å². The van der Waals surface area contributed by atoms with E-state index in [9.17, 15) is 5.11 Å². The molecule has 19 heavy (non-hydrogen) atoms. The number of hydrogen-bond donors (Lipinski definition) is 1. The summed E-state index contributed by atoms with van der Waals surface area (Å²) in [4.78, 5) is 6.64. The highest BCUT2D eigenvalue weighted by molar-refractivity contribution is 6.35. The van der Waals surface area contributed by atoms with Crippen LogP contribution in [-0.2, 0) is 0 Å². The third-order valence-electron chi connectivity index (χ3n) is 4.54. The van der Waals surface area contributed by atoms with E-state index in [2.05, 4.69) is 9.88 Å². The minimum atomic E-state index is -0.199. The van der Waals surface area contributed by atoms with Crippen LogP contribution in [-0.4, -0.2) is 29.3 Å². The maximum absolute atomic E-state index is 10.2. The molecule has 1 saturated carbocycles. The lowest BCUT2D eigenvalue weighted by Crippen LogP contribution is -2.21. The van der Waals surface area contributed by atoms with Crippen LogP contribution in [0.3, 0.4) is 0 Å². The van der Waals surface area contributed by atoms with E-state index in [1.54, 1.807) is 6.20 Å². The maximum atomic E-state index is 10.2. The summed E-state index contributed by atoms with van der Waals surface area (Å²) < 4.78 is 0. The number of anilines is 1. The minimum Gasteiger partial charge on any atom is -0.391 e. The fraction of sp³-hybridized carbons (Fsp3) is 0.400. The number of halogens is 1. The lowest BCUT2D eigenvalue weighted by molar-refractivity contribution is 0.136. The summed E-state index contributed by atoms with van der Waals surface area (Å²) in [6.45, 7) is 1.66. The topological polar surface area (TPSA) is 36.4 Å². The fourth-order valence-electron chi connectivity index (χ4n) is 3.19. The molecule has 1 aromatic carbocycles. The van der Waals surface area contributed by atoms with E-state index in [-0.39, 0.29) is 11.5 Å². The highest BCUT2D eigenvalue weighted by atomic mass is 35.5. The van der Waals surface area contributed by atoms with Gasteiger partial charge in [0.25, 0.3) is 0 Å². The number of aliphatic hydroxyl groups excluding tert-OH is 1. The number of aromatic nitrogens is 1. The van der Waals surface area contributed by atoms with Gasteiger partial charge in [0.05, 0.1) is 16.6 Å². The van der Waals surface area contributed by atoms with Crippen LogP contribution in [0.4, 0.5) is 5.69 Å². The number of benzene rings is 1. The van der Waals surface area contributed by atoms with Crippen LogP contribution in [0.2, 0.25) is 5.02 Å². The van der Waals surface area contributed by atoms with Crippen LogP contribution in [0.15, 0.2) is 30.5 Å². The first kappa shape index (κ1) is 11.5. The number of rotatable bonds is 1. The van der Waals surface area contributed by atoms with E-state index in [1.807, 2.05) is 24.3 Å². The van der Waals surface area contributed by atoms with Gasteiger partial charge < -0.3 is 10.0 Å². The van der Waals surface area contributed by atoms with Crippen molar-refractivity contribution in [2.24, 2.45) is 5.41 Å². The number of hydrogen-bond acceptors (Lipinski definition) is 3. The van der Waals surface area contributed by atoms with Crippen LogP contribution in [0.5, 0.6) is 0 Å². The molecule has 1 aromatic heterocycles. The number of aliphatic hydroxyl groups is 1. The molecule has 98 valence electrons. The van der Waals surface area contributed by atoms with E-state index < -0.39 is 0 Å². The molecule has 0 bridgehead atoms. The maximum Gasteiger partial charge on any atom is 0.0908 e. The summed E-state index contributed by atoms with van der Waals surface area (Å²) in [6.07, 6.45) is 3.89. The molecule has 2 aromatic rings. The summed E-state index contributed by atoms with van der Waals surface area (Å²) in [5.74, 6) is 0. The van der Waals surface area contributed by atoms with Crippen molar-refractivity contribution < 1.29 is 5.11 Å². The molecule has 2 fully saturated rings. The molecule has 3 nitrogen and oxygen atoms in total. The highest BCUT2D eigenvalue weighted by Crippen LogP contribution is 2.53. The summed E-state index contributed by atoms with van der Waals surface area (Å²) in [5, 5.41) is 11.9. The van der Waals surface area contributed by atoms with E-state index in [0.717, 1.165) is 36.0 Å². The predicted molar refractivity (Wildman–Crippen MR) is 76.6 cm³/mol. The van der Waals surface area contributed by atoms with E-state index in [0.29, 0.717) is 11.6 Å². The normalized spacial score (nSPS) is 24.3. The smallest absolute Gasteiger partial charge is 0.0908 e. The Bertz CT molecular complexity index is 654. The first-order chi connectivity index (χ1) is 9.20. The zero-order chi connectivity index (χ0) is 13.0. The fourth-order valence-corrected chi connectivity index (χ4v) is 3.41. The molecule has 1 spiro atoms. The van der Waals surface area contributed by atoms with Gasteiger partial charge in [-0.1, -0.05) is 23.7 Å². The Morgan fingerprint density at radius 2 is 2.16 bits per heavy atom. The Morgan fingerprint density at radius 3 is 2.89 bits per heavy atom. The van der Waals surface area contributed by atoms with Gasteiger partial charge in [0.15, 0.2) is 0 Å². The number of para-hydroxylation sites is 1. The molecule has 1 saturated heterocycles. The van der Waals surface area contributed by atoms with Crippen molar-refractivity contribution in [3.05, 3.63) is 35.5 Å². The van der Waals surface area contributed by atoms with Crippen LogP contribution in [0.1, 0.15) is 12.8 Å². The molecule has 1 atom stereocenters. The lowest BCUT2D eigenvalue weighted by atomic mass is 10.0. The average Bonchev–Trinajstić information content (AvgIpc) is 3.11. The molecular formula is C15H15ClN2O. The van der Waals surface area contributed by atoms with Crippen LogP contribution < -0.4 is 4.90 Å². The van der Waals surface area contributed by atoms with Crippen molar-refractivity contribution in [1.29, 1.82) is 0 Å². The predicted octanol–water partition coefficient (Wildman–Crippen LogP) is 2.85. The Labute approximate surface area is 116 Å². The quantitative estimate of drug-likeness (QED) is 0.869. The molecule has 2 heterocycles. The first-order valence-corrected chi connectivity index (χ1v) is 7.04. The number of fused-ring (bicyclic) bond motifs is 1. The van der Waals surface area contributed by atoms with Crippen LogP contribution in [0, 0.1) is 5.41 Å². The Hall–Kier alpha value is -1.32. The van der Waals surface area contributed by atoms with E-state index in [1.165, 1.54) is 0 Å². The third kappa shape index (κ3) is 1.65. The second-order valence-electron chi connectivity index (χ2n) is 5.72. The molecule has 4 heteroatoms. The molecule has 1 N–H and O–H groups in total. The lowest BCUT2D eigenvalue weighted by Gasteiger charge is -2.20. The standard InChI is InChI=1S/C15H15ClN2O/c16-11-3-1-2-10-12(4-7-17-14(10)11)18-8-13(19)15(9-18)5-6-15/h1-4,7,13,19H,5-6,8-9H2. The Kier molecular flexibility index (Phi) is 2.32. The van der Waals surface area contributed by atoms with Gasteiger partial charge in [0.2, 0.25) is 0 Å². The molecule has 1 unspecified atom stereocenters.